The van der Waals surface area contributed by atoms with Crippen LogP contribution in [-0.4, -0.2) is 44.4 Å². The van der Waals surface area contributed by atoms with Gasteiger partial charge in [0.05, 0.1) is 30.6 Å². The first-order valence-electron chi connectivity index (χ1n) is 9.73. The molecule has 1 aliphatic carbocycles. The van der Waals surface area contributed by atoms with Gasteiger partial charge in [-0.3, -0.25) is 4.79 Å². The first-order valence-corrected chi connectivity index (χ1v) is 10.1. The maximum atomic E-state index is 12.9. The lowest BCUT2D eigenvalue weighted by Gasteiger charge is -2.15. The summed E-state index contributed by atoms with van der Waals surface area (Å²) in [6, 6.07) is 3.92. The third kappa shape index (κ3) is 4.93. The topological polar surface area (TPSA) is 104 Å². The number of halogens is 3. The van der Waals surface area contributed by atoms with Gasteiger partial charge in [-0.2, -0.15) is 18.4 Å². The van der Waals surface area contributed by atoms with Crippen molar-refractivity contribution in [3.8, 4) is 17.7 Å². The third-order valence-corrected chi connectivity index (χ3v) is 4.99. The van der Waals surface area contributed by atoms with Crippen molar-refractivity contribution in [2.75, 3.05) is 7.11 Å². The van der Waals surface area contributed by atoms with Crippen molar-refractivity contribution in [2.24, 2.45) is 0 Å². The number of carbonyl (C=O) groups excluding carboxylic acids is 1. The first-order chi connectivity index (χ1) is 15.3. The molecular weight excluding hydrogens is 446 g/mol. The molecule has 0 aliphatic heterocycles. The summed E-state index contributed by atoms with van der Waals surface area (Å²) in [6.07, 6.45) is 4.69. The van der Waals surface area contributed by atoms with Gasteiger partial charge in [0.15, 0.2) is 5.82 Å². The molecule has 1 aromatic carbocycles. The Kier molecular flexibility index (Phi) is 6.17. The Bertz CT molecular complexity index is 1120. The van der Waals surface area contributed by atoms with Gasteiger partial charge in [-0.05, 0) is 49.4 Å². The minimum absolute atomic E-state index is 0.0541. The second-order valence-electron chi connectivity index (χ2n) is 7.21. The largest absolute Gasteiger partial charge is 0.466 e. The van der Waals surface area contributed by atoms with Crippen molar-refractivity contribution in [1.29, 1.82) is 0 Å². The summed E-state index contributed by atoms with van der Waals surface area (Å²) in [5.74, 6) is 0.199. The standard InChI is InChI=1S/C20H19ClF2N6O3/c1-10(16-27-20(31-2)28-29(16)19-24-8-14(21)9-25-19)26-17(30)13-5-12(11-3-4-11)6-15(7-13)32-18(22)23/h5-11,18H,3-4H2,1-2H3,(H,26,30)/t10-/m0/s1. The van der Waals surface area contributed by atoms with Crippen LogP contribution in [0.2, 0.25) is 5.02 Å². The van der Waals surface area contributed by atoms with E-state index in [0.717, 1.165) is 18.4 Å². The Morgan fingerprint density at radius 1 is 1.25 bits per heavy atom. The average molecular weight is 465 g/mol. The van der Waals surface area contributed by atoms with Gasteiger partial charge in [-0.25, -0.2) is 9.97 Å². The third-order valence-electron chi connectivity index (χ3n) is 4.79. The number of hydrogen-bond donors (Lipinski definition) is 1. The first kappa shape index (κ1) is 21.9. The zero-order valence-corrected chi connectivity index (χ0v) is 17.9. The highest BCUT2D eigenvalue weighted by Gasteiger charge is 2.27. The molecule has 0 radical (unpaired) electrons. The molecular formula is C20H19ClF2N6O3. The fraction of sp³-hybridized carbons (Fsp3) is 0.350. The van der Waals surface area contributed by atoms with Crippen molar-refractivity contribution in [1.82, 2.24) is 30.0 Å². The molecule has 12 heteroatoms. The van der Waals surface area contributed by atoms with Gasteiger partial charge in [-0.15, -0.1) is 5.10 Å². The maximum Gasteiger partial charge on any atom is 0.387 e. The van der Waals surface area contributed by atoms with Gasteiger partial charge in [0.2, 0.25) is 0 Å². The fourth-order valence-corrected chi connectivity index (χ4v) is 3.25. The quantitative estimate of drug-likeness (QED) is 0.542. The molecule has 0 spiro atoms. The van der Waals surface area contributed by atoms with Crippen LogP contribution in [0.4, 0.5) is 8.78 Å². The van der Waals surface area contributed by atoms with Crippen molar-refractivity contribution in [3.05, 3.63) is 52.6 Å². The molecule has 0 saturated heterocycles. The lowest BCUT2D eigenvalue weighted by Crippen LogP contribution is -2.29. The fourth-order valence-electron chi connectivity index (χ4n) is 3.15. The number of hydrogen-bond acceptors (Lipinski definition) is 7. The van der Waals surface area contributed by atoms with E-state index >= 15 is 0 Å². The van der Waals surface area contributed by atoms with E-state index in [1.165, 1.54) is 30.3 Å². The van der Waals surface area contributed by atoms with E-state index in [1.54, 1.807) is 19.1 Å². The average Bonchev–Trinajstić information content (AvgIpc) is 3.52. The van der Waals surface area contributed by atoms with E-state index in [9.17, 15) is 13.6 Å². The summed E-state index contributed by atoms with van der Waals surface area (Å²) < 4.78 is 36.4. The number of nitrogens with zero attached hydrogens (tertiary/aromatic N) is 5. The molecule has 1 amide bonds. The molecule has 1 saturated carbocycles. The van der Waals surface area contributed by atoms with Crippen LogP contribution >= 0.6 is 11.6 Å². The lowest BCUT2D eigenvalue weighted by molar-refractivity contribution is -0.0499. The molecule has 0 bridgehead atoms. The molecule has 2 heterocycles. The predicted molar refractivity (Wildman–Crippen MR) is 109 cm³/mol. The normalized spacial score (nSPS) is 14.3. The zero-order valence-electron chi connectivity index (χ0n) is 17.1. The van der Waals surface area contributed by atoms with Crippen molar-refractivity contribution in [2.45, 2.75) is 38.3 Å². The van der Waals surface area contributed by atoms with Gasteiger partial charge in [0.1, 0.15) is 5.75 Å². The summed E-state index contributed by atoms with van der Waals surface area (Å²) in [5.41, 5.74) is 0.998. The summed E-state index contributed by atoms with van der Waals surface area (Å²) >= 11 is 5.85. The Labute approximate surface area is 186 Å². The predicted octanol–water partition coefficient (Wildman–Crippen LogP) is 3.69. The molecule has 4 rings (SSSR count). The molecule has 1 fully saturated rings. The number of alkyl halides is 2. The van der Waals surface area contributed by atoms with Gasteiger partial charge in [0, 0.05) is 5.56 Å². The second kappa shape index (κ2) is 9.03. The molecule has 1 aliphatic rings. The van der Waals surface area contributed by atoms with Crippen LogP contribution < -0.4 is 14.8 Å². The number of benzene rings is 1. The van der Waals surface area contributed by atoms with Crippen LogP contribution in [0.1, 0.15) is 53.5 Å². The van der Waals surface area contributed by atoms with Crippen LogP contribution in [0.3, 0.4) is 0 Å². The number of aromatic nitrogens is 5. The van der Waals surface area contributed by atoms with E-state index in [2.05, 4.69) is 30.1 Å². The molecule has 168 valence electrons. The smallest absolute Gasteiger partial charge is 0.387 e. The molecule has 32 heavy (non-hydrogen) atoms. The Balaban J connectivity index is 1.60. The summed E-state index contributed by atoms with van der Waals surface area (Å²) in [7, 11) is 1.41. The summed E-state index contributed by atoms with van der Waals surface area (Å²) in [4.78, 5) is 25.4. The van der Waals surface area contributed by atoms with Gasteiger partial charge < -0.3 is 14.8 Å². The number of ether oxygens (including phenoxy) is 2. The van der Waals surface area contributed by atoms with Crippen molar-refractivity contribution >= 4 is 17.5 Å². The minimum atomic E-state index is -2.98. The van der Waals surface area contributed by atoms with Crippen molar-refractivity contribution < 1.29 is 23.0 Å². The number of carbonyl (C=O) groups is 1. The van der Waals surface area contributed by atoms with E-state index < -0.39 is 18.6 Å². The van der Waals surface area contributed by atoms with E-state index in [4.69, 9.17) is 16.3 Å². The molecule has 0 unspecified atom stereocenters. The van der Waals surface area contributed by atoms with Crippen LogP contribution in [0.5, 0.6) is 11.8 Å². The molecule has 1 N–H and O–H groups in total. The van der Waals surface area contributed by atoms with Gasteiger partial charge >= 0.3 is 12.6 Å². The van der Waals surface area contributed by atoms with E-state index in [0.29, 0.717) is 10.8 Å². The SMILES string of the molecule is COc1nc([C@H](C)NC(=O)c2cc(OC(F)F)cc(C3CC3)c2)n(-c2ncc(Cl)cn2)n1. The lowest BCUT2D eigenvalue weighted by atomic mass is 10.1. The number of nitrogens with one attached hydrogen (secondary N) is 1. The minimum Gasteiger partial charge on any atom is -0.466 e. The molecule has 3 aromatic rings. The molecule has 2 aromatic heterocycles. The monoisotopic (exact) mass is 464 g/mol. The molecule has 9 nitrogen and oxygen atoms in total. The van der Waals surface area contributed by atoms with Crippen LogP contribution in [0.15, 0.2) is 30.6 Å². The Hall–Kier alpha value is -3.34. The number of amides is 1. The maximum absolute atomic E-state index is 12.9. The molecule has 1 atom stereocenters. The van der Waals surface area contributed by atoms with Crippen LogP contribution in [-0.2, 0) is 0 Å². The zero-order chi connectivity index (χ0) is 22.8. The highest BCUT2D eigenvalue weighted by molar-refractivity contribution is 6.30. The summed E-state index contributed by atoms with van der Waals surface area (Å²) in [5, 5.41) is 7.33. The Morgan fingerprint density at radius 3 is 2.59 bits per heavy atom. The van der Waals surface area contributed by atoms with Crippen LogP contribution in [0, 0.1) is 0 Å². The van der Waals surface area contributed by atoms with Gasteiger partial charge in [-0.1, -0.05) is 11.6 Å². The number of rotatable bonds is 8. The second-order valence-corrected chi connectivity index (χ2v) is 7.64. The van der Waals surface area contributed by atoms with E-state index in [1.807, 2.05) is 0 Å². The van der Waals surface area contributed by atoms with Gasteiger partial charge in [0.25, 0.3) is 11.9 Å². The van der Waals surface area contributed by atoms with Crippen LogP contribution in [0.25, 0.3) is 5.95 Å². The van der Waals surface area contributed by atoms with Crippen molar-refractivity contribution in [3.63, 3.8) is 0 Å². The highest BCUT2D eigenvalue weighted by atomic mass is 35.5. The Morgan fingerprint density at radius 2 is 1.97 bits per heavy atom. The highest BCUT2D eigenvalue weighted by Crippen LogP contribution is 2.41. The number of methoxy groups -OCH3 is 1. The van der Waals surface area contributed by atoms with E-state index in [-0.39, 0.29) is 29.2 Å². The summed E-state index contributed by atoms with van der Waals surface area (Å²) in [6.45, 7) is -1.29.